The molecular weight excluding hydrogens is 384 g/mol. The highest BCUT2D eigenvalue weighted by Crippen LogP contribution is 2.65. The van der Waals surface area contributed by atoms with Crippen molar-refractivity contribution in [2.45, 2.75) is 76.6 Å². The molecule has 6 aliphatic carbocycles. The first-order valence-electron chi connectivity index (χ1n) is 11.6. The average molecular weight is 416 g/mol. The lowest BCUT2D eigenvalue weighted by Crippen LogP contribution is -2.58. The minimum absolute atomic E-state index is 0.0486. The first-order valence-corrected chi connectivity index (χ1v) is 11.6. The molecule has 6 saturated carbocycles. The van der Waals surface area contributed by atoms with Crippen molar-refractivity contribution in [1.29, 1.82) is 0 Å². The second-order valence-corrected chi connectivity index (χ2v) is 11.6. The highest BCUT2D eigenvalue weighted by molar-refractivity contribution is 5.86. The van der Waals surface area contributed by atoms with Crippen molar-refractivity contribution in [3.63, 3.8) is 0 Å². The number of esters is 3. The Hall–Kier alpha value is -1.59. The summed E-state index contributed by atoms with van der Waals surface area (Å²) in [5.41, 5.74) is -0.519. The van der Waals surface area contributed by atoms with Gasteiger partial charge in [-0.2, -0.15) is 0 Å². The number of carbonyl (C=O) groups excluding carboxylic acids is 3. The molecule has 0 spiro atoms. The SMILES string of the molecule is [CH2]C(=O)OC1C2CC3C1OC(=O)C3C2C(=O)OC(C)(C)C12CC3CC(CC(C3)C1)C2. The molecule has 1 radical (unpaired) electrons. The molecule has 0 amide bonds. The third-order valence-corrected chi connectivity index (χ3v) is 9.76. The summed E-state index contributed by atoms with van der Waals surface area (Å²) in [6.07, 6.45) is 7.09. The molecule has 163 valence electrons. The maximum Gasteiger partial charge on any atom is 0.310 e. The molecule has 0 aromatic heterocycles. The minimum Gasteiger partial charge on any atom is -0.459 e. The Morgan fingerprint density at radius 3 is 2.20 bits per heavy atom. The van der Waals surface area contributed by atoms with Crippen molar-refractivity contribution >= 4 is 17.9 Å². The van der Waals surface area contributed by atoms with Crippen LogP contribution in [0.25, 0.3) is 0 Å². The number of rotatable bonds is 4. The number of hydrogen-bond donors (Lipinski definition) is 0. The van der Waals surface area contributed by atoms with E-state index in [0.29, 0.717) is 6.42 Å². The molecule has 0 N–H and O–H groups in total. The zero-order chi connectivity index (χ0) is 21.0. The Balaban J connectivity index is 1.25. The number of fused-ring (bicyclic) bond motifs is 1. The third-order valence-electron chi connectivity index (χ3n) is 9.76. The number of hydrogen-bond acceptors (Lipinski definition) is 6. The fourth-order valence-electron chi connectivity index (χ4n) is 8.90. The summed E-state index contributed by atoms with van der Waals surface area (Å²) in [5, 5.41) is 0. The topological polar surface area (TPSA) is 78.9 Å². The van der Waals surface area contributed by atoms with E-state index in [9.17, 15) is 14.4 Å². The van der Waals surface area contributed by atoms with Crippen LogP contribution in [0.3, 0.4) is 0 Å². The molecular formula is C24H31O6. The van der Waals surface area contributed by atoms with Crippen LogP contribution in [-0.2, 0) is 28.6 Å². The lowest BCUT2D eigenvalue weighted by Gasteiger charge is -2.61. The first-order chi connectivity index (χ1) is 14.2. The van der Waals surface area contributed by atoms with E-state index in [1.807, 2.05) is 0 Å². The van der Waals surface area contributed by atoms with Crippen LogP contribution in [0.2, 0.25) is 0 Å². The van der Waals surface area contributed by atoms with Crippen molar-refractivity contribution in [3.8, 4) is 0 Å². The van der Waals surface area contributed by atoms with E-state index >= 15 is 0 Å². The monoisotopic (exact) mass is 415 g/mol. The molecule has 0 aromatic carbocycles. The quantitative estimate of drug-likeness (QED) is 0.519. The normalized spacial score (nSPS) is 50.0. The van der Waals surface area contributed by atoms with Crippen molar-refractivity contribution in [2.75, 3.05) is 0 Å². The summed E-state index contributed by atoms with van der Waals surface area (Å²) in [7, 11) is 0. The van der Waals surface area contributed by atoms with Gasteiger partial charge in [-0.1, -0.05) is 0 Å². The molecule has 30 heavy (non-hydrogen) atoms. The molecule has 6 heteroatoms. The smallest absolute Gasteiger partial charge is 0.310 e. The van der Waals surface area contributed by atoms with Crippen molar-refractivity contribution in [1.82, 2.24) is 0 Å². The molecule has 6 atom stereocenters. The van der Waals surface area contributed by atoms with Gasteiger partial charge in [0, 0.05) is 17.3 Å². The second kappa shape index (κ2) is 6.01. The lowest BCUT2D eigenvalue weighted by molar-refractivity contribution is -0.206. The van der Waals surface area contributed by atoms with Crippen molar-refractivity contribution < 1.29 is 28.6 Å². The van der Waals surface area contributed by atoms with Crippen LogP contribution in [0.5, 0.6) is 0 Å². The number of ether oxygens (including phenoxy) is 3. The van der Waals surface area contributed by atoms with E-state index in [1.165, 1.54) is 19.3 Å². The van der Waals surface area contributed by atoms with Gasteiger partial charge >= 0.3 is 17.9 Å². The fraction of sp³-hybridized carbons (Fsp3) is 0.833. The summed E-state index contributed by atoms with van der Waals surface area (Å²) >= 11 is 0. The summed E-state index contributed by atoms with van der Waals surface area (Å²) in [5.74, 6) is -0.324. The fourth-order valence-corrected chi connectivity index (χ4v) is 8.90. The van der Waals surface area contributed by atoms with Gasteiger partial charge in [-0.05, 0) is 76.5 Å². The van der Waals surface area contributed by atoms with Crippen LogP contribution < -0.4 is 0 Å². The predicted molar refractivity (Wildman–Crippen MR) is 104 cm³/mol. The van der Waals surface area contributed by atoms with Crippen LogP contribution in [0, 0.1) is 53.8 Å². The van der Waals surface area contributed by atoms with Gasteiger partial charge in [0.25, 0.3) is 0 Å². The molecule has 6 unspecified atom stereocenters. The zero-order valence-corrected chi connectivity index (χ0v) is 17.8. The Morgan fingerprint density at radius 2 is 1.63 bits per heavy atom. The van der Waals surface area contributed by atoms with E-state index in [0.717, 1.165) is 37.0 Å². The summed E-state index contributed by atoms with van der Waals surface area (Å²) in [6, 6.07) is 0. The first kappa shape index (κ1) is 19.1. The van der Waals surface area contributed by atoms with Gasteiger partial charge in [0.2, 0.25) is 0 Å². The van der Waals surface area contributed by atoms with E-state index < -0.39 is 35.6 Å². The molecule has 0 aromatic rings. The highest BCUT2D eigenvalue weighted by atomic mass is 16.6. The highest BCUT2D eigenvalue weighted by Gasteiger charge is 2.70. The second-order valence-electron chi connectivity index (χ2n) is 11.6. The van der Waals surface area contributed by atoms with Gasteiger partial charge in [0.05, 0.1) is 18.8 Å². The van der Waals surface area contributed by atoms with Gasteiger partial charge in [-0.3, -0.25) is 14.4 Å². The van der Waals surface area contributed by atoms with E-state index in [-0.39, 0.29) is 29.2 Å². The maximum absolute atomic E-state index is 13.5. The Bertz CT molecular complexity index is 779. The number of carbonyl (C=O) groups is 3. The molecule has 7 rings (SSSR count). The molecule has 1 aliphatic heterocycles. The summed E-state index contributed by atoms with van der Waals surface area (Å²) < 4.78 is 17.2. The predicted octanol–water partition coefficient (Wildman–Crippen LogP) is 3.08. The van der Waals surface area contributed by atoms with Crippen LogP contribution in [0.1, 0.15) is 58.8 Å². The minimum atomic E-state index is -0.645. The van der Waals surface area contributed by atoms with E-state index in [4.69, 9.17) is 14.2 Å². The van der Waals surface area contributed by atoms with Crippen molar-refractivity contribution in [2.24, 2.45) is 46.8 Å². The molecule has 1 heterocycles. The molecule has 6 nitrogen and oxygen atoms in total. The van der Waals surface area contributed by atoms with E-state index in [2.05, 4.69) is 20.8 Å². The van der Waals surface area contributed by atoms with Gasteiger partial charge in [-0.25, -0.2) is 0 Å². The summed E-state index contributed by atoms with van der Waals surface area (Å²) in [6.45, 7) is 7.46. The Labute approximate surface area is 177 Å². The van der Waals surface area contributed by atoms with Crippen LogP contribution in [0.15, 0.2) is 0 Å². The van der Waals surface area contributed by atoms with Gasteiger partial charge in [-0.15, -0.1) is 0 Å². The zero-order valence-electron chi connectivity index (χ0n) is 17.8. The Morgan fingerprint density at radius 1 is 1.03 bits per heavy atom. The molecule has 1 saturated heterocycles. The van der Waals surface area contributed by atoms with Gasteiger partial charge in [0.15, 0.2) is 0 Å². The molecule has 7 fully saturated rings. The standard InChI is InChI=1S/C24H31O6/c1-11(25)28-19-16-7-15-17(21(26)29-20(15)19)18(16)22(27)30-23(2,3)24-8-12-4-13(9-24)6-14(5-12)10-24/h12-20H,1,4-10H2,2-3H3. The van der Waals surface area contributed by atoms with E-state index in [1.54, 1.807) is 0 Å². The van der Waals surface area contributed by atoms with Gasteiger partial charge < -0.3 is 14.2 Å². The molecule has 7 aliphatic rings. The van der Waals surface area contributed by atoms with Crippen LogP contribution >= 0.6 is 0 Å². The van der Waals surface area contributed by atoms with Crippen molar-refractivity contribution in [3.05, 3.63) is 6.92 Å². The van der Waals surface area contributed by atoms with Gasteiger partial charge in [0.1, 0.15) is 17.8 Å². The summed E-state index contributed by atoms with van der Waals surface area (Å²) in [4.78, 5) is 37.6. The average Bonchev–Trinajstić information content (AvgIpc) is 3.23. The molecule has 6 bridgehead atoms. The Kier molecular flexibility index (Phi) is 3.83. The maximum atomic E-state index is 13.5. The lowest BCUT2D eigenvalue weighted by atomic mass is 9.46. The largest absolute Gasteiger partial charge is 0.459 e. The third kappa shape index (κ3) is 2.45. The van der Waals surface area contributed by atoms with Crippen LogP contribution in [0.4, 0.5) is 0 Å². The van der Waals surface area contributed by atoms with Crippen LogP contribution in [-0.4, -0.2) is 35.7 Å².